The number of aromatic nitrogens is 4. The maximum Gasteiger partial charge on any atom is 0.235 e. The Balaban J connectivity index is 1.56. The molecule has 1 aliphatic carbocycles. The van der Waals surface area contributed by atoms with E-state index in [4.69, 9.17) is 0 Å². The molecule has 1 N–H and O–H groups in total. The number of benzene rings is 1. The first kappa shape index (κ1) is 15.5. The van der Waals surface area contributed by atoms with Gasteiger partial charge in [0.2, 0.25) is 5.91 Å². The topological polar surface area (TPSA) is 72.7 Å². The number of carbonyl (C=O) groups is 1. The van der Waals surface area contributed by atoms with E-state index in [0.29, 0.717) is 0 Å². The molecule has 1 amide bonds. The number of rotatable bonds is 4. The summed E-state index contributed by atoms with van der Waals surface area (Å²) in [5.41, 5.74) is 2.27. The van der Waals surface area contributed by atoms with Crippen LogP contribution in [0.4, 0.5) is 5.69 Å². The predicted octanol–water partition coefficient (Wildman–Crippen LogP) is 3.11. The van der Waals surface area contributed by atoms with Crippen molar-refractivity contribution in [2.24, 2.45) is 0 Å². The first-order valence-electron chi connectivity index (χ1n) is 8.45. The molecule has 0 saturated heterocycles. The number of nitrogens with zero attached hydrogens (tertiary/aromatic N) is 4. The zero-order valence-electron chi connectivity index (χ0n) is 13.8. The van der Waals surface area contributed by atoms with Gasteiger partial charge in [-0.1, -0.05) is 18.9 Å². The highest BCUT2D eigenvalue weighted by atomic mass is 16.2. The van der Waals surface area contributed by atoms with Crippen LogP contribution in [-0.4, -0.2) is 25.7 Å². The van der Waals surface area contributed by atoms with E-state index in [-0.39, 0.29) is 5.91 Å². The molecule has 0 aliphatic heterocycles. The molecule has 0 radical (unpaired) electrons. The maximum atomic E-state index is 13.1. The molecule has 3 aromatic rings. The fourth-order valence-corrected chi connectivity index (χ4v) is 3.57. The molecule has 1 aromatic carbocycles. The second kappa shape index (κ2) is 6.47. The van der Waals surface area contributed by atoms with Crippen LogP contribution in [0.1, 0.15) is 31.2 Å². The molecule has 1 fully saturated rings. The second-order valence-electron chi connectivity index (χ2n) is 6.40. The SMILES string of the molecule is O=C(Nc1ccc(-n2cnnc2)cc1)C1(c2cccnc2)CCCC1. The van der Waals surface area contributed by atoms with Gasteiger partial charge in [0.1, 0.15) is 12.7 Å². The van der Waals surface area contributed by atoms with Gasteiger partial charge in [-0.3, -0.25) is 14.3 Å². The minimum absolute atomic E-state index is 0.0510. The van der Waals surface area contributed by atoms with E-state index < -0.39 is 5.41 Å². The van der Waals surface area contributed by atoms with Crippen LogP contribution in [0, 0.1) is 0 Å². The van der Waals surface area contributed by atoms with Crippen LogP contribution in [0.5, 0.6) is 0 Å². The van der Waals surface area contributed by atoms with Crippen molar-refractivity contribution in [1.29, 1.82) is 0 Å². The Labute approximate surface area is 145 Å². The lowest BCUT2D eigenvalue weighted by Crippen LogP contribution is -2.38. The normalized spacial score (nSPS) is 15.8. The quantitative estimate of drug-likeness (QED) is 0.796. The average molecular weight is 333 g/mol. The fraction of sp³-hybridized carbons (Fsp3) is 0.263. The Kier molecular flexibility index (Phi) is 4.01. The summed E-state index contributed by atoms with van der Waals surface area (Å²) in [5.74, 6) is 0.0510. The molecular formula is C19H19N5O. The van der Waals surface area contributed by atoms with E-state index in [1.54, 1.807) is 18.9 Å². The Morgan fingerprint density at radius 1 is 1.04 bits per heavy atom. The second-order valence-corrected chi connectivity index (χ2v) is 6.40. The highest BCUT2D eigenvalue weighted by Crippen LogP contribution is 2.41. The molecule has 0 spiro atoms. The van der Waals surface area contributed by atoms with Gasteiger partial charge >= 0.3 is 0 Å². The summed E-state index contributed by atoms with van der Waals surface area (Å²) in [6.07, 6.45) is 10.7. The van der Waals surface area contributed by atoms with E-state index >= 15 is 0 Å². The third-order valence-electron chi connectivity index (χ3n) is 4.95. The molecule has 6 heteroatoms. The number of anilines is 1. The monoisotopic (exact) mass is 333 g/mol. The van der Waals surface area contributed by atoms with Gasteiger partial charge in [0, 0.05) is 23.8 Å². The number of carbonyl (C=O) groups excluding carboxylic acids is 1. The highest BCUT2D eigenvalue weighted by Gasteiger charge is 2.42. The molecule has 126 valence electrons. The van der Waals surface area contributed by atoms with E-state index in [1.165, 1.54) is 0 Å². The van der Waals surface area contributed by atoms with E-state index in [9.17, 15) is 4.79 Å². The smallest absolute Gasteiger partial charge is 0.235 e. The van der Waals surface area contributed by atoms with E-state index in [0.717, 1.165) is 42.6 Å². The van der Waals surface area contributed by atoms with Crippen LogP contribution < -0.4 is 5.32 Å². The van der Waals surface area contributed by atoms with E-state index in [1.807, 2.05) is 47.2 Å². The molecule has 25 heavy (non-hydrogen) atoms. The zero-order valence-corrected chi connectivity index (χ0v) is 13.8. The average Bonchev–Trinajstić information content (AvgIpc) is 3.36. The summed E-state index contributed by atoms with van der Waals surface area (Å²) in [5, 5.41) is 10.7. The summed E-state index contributed by atoms with van der Waals surface area (Å²) < 4.78 is 1.82. The van der Waals surface area contributed by atoms with Crippen molar-refractivity contribution in [3.05, 3.63) is 67.0 Å². The van der Waals surface area contributed by atoms with Crippen LogP contribution in [0.15, 0.2) is 61.4 Å². The van der Waals surface area contributed by atoms with Gasteiger partial charge in [-0.25, -0.2) is 0 Å². The Bertz CT molecular complexity index is 837. The lowest BCUT2D eigenvalue weighted by molar-refractivity contribution is -0.121. The third-order valence-corrected chi connectivity index (χ3v) is 4.95. The summed E-state index contributed by atoms with van der Waals surface area (Å²) >= 11 is 0. The van der Waals surface area contributed by atoms with Crippen molar-refractivity contribution >= 4 is 11.6 Å². The van der Waals surface area contributed by atoms with Crippen molar-refractivity contribution in [3.8, 4) is 5.69 Å². The first-order valence-corrected chi connectivity index (χ1v) is 8.45. The van der Waals surface area contributed by atoms with Crippen molar-refractivity contribution in [2.45, 2.75) is 31.1 Å². The lowest BCUT2D eigenvalue weighted by Gasteiger charge is -2.28. The van der Waals surface area contributed by atoms with Gasteiger partial charge in [-0.2, -0.15) is 0 Å². The molecule has 2 heterocycles. The minimum Gasteiger partial charge on any atom is -0.325 e. The Hall–Kier alpha value is -3.02. The van der Waals surface area contributed by atoms with E-state index in [2.05, 4.69) is 20.5 Å². The Morgan fingerprint density at radius 2 is 1.76 bits per heavy atom. The largest absolute Gasteiger partial charge is 0.325 e. The highest BCUT2D eigenvalue weighted by molar-refractivity contribution is 5.99. The third kappa shape index (κ3) is 2.91. The molecule has 0 bridgehead atoms. The maximum absolute atomic E-state index is 13.1. The molecule has 1 saturated carbocycles. The van der Waals surface area contributed by atoms with Crippen LogP contribution in [0.2, 0.25) is 0 Å². The molecule has 0 unspecified atom stereocenters. The zero-order chi connectivity index (χ0) is 17.1. The molecule has 6 nitrogen and oxygen atoms in total. The number of hydrogen-bond donors (Lipinski definition) is 1. The Morgan fingerprint density at radius 3 is 2.40 bits per heavy atom. The van der Waals surface area contributed by atoms with Crippen LogP contribution in [-0.2, 0) is 10.2 Å². The number of pyridine rings is 1. The van der Waals surface area contributed by atoms with Gasteiger partial charge in [0.25, 0.3) is 0 Å². The number of hydrogen-bond acceptors (Lipinski definition) is 4. The van der Waals surface area contributed by atoms with Crippen molar-refractivity contribution in [1.82, 2.24) is 19.7 Å². The molecule has 1 aliphatic rings. The van der Waals surface area contributed by atoms with Gasteiger partial charge in [0.05, 0.1) is 5.41 Å². The van der Waals surface area contributed by atoms with Gasteiger partial charge < -0.3 is 5.32 Å². The van der Waals surface area contributed by atoms with Crippen LogP contribution in [0.3, 0.4) is 0 Å². The number of amides is 1. The standard InChI is InChI=1S/C19H19N5O/c25-18(19(9-1-2-10-19)15-4-3-11-20-12-15)23-16-5-7-17(8-6-16)24-13-21-22-14-24/h3-8,11-14H,1-2,9-10H2,(H,23,25). The van der Waals surface area contributed by atoms with Crippen molar-refractivity contribution in [3.63, 3.8) is 0 Å². The summed E-state index contributed by atoms with van der Waals surface area (Å²) in [4.78, 5) is 17.3. The predicted molar refractivity (Wildman–Crippen MR) is 94.4 cm³/mol. The minimum atomic E-state index is -0.471. The van der Waals surface area contributed by atoms with Crippen molar-refractivity contribution < 1.29 is 4.79 Å². The van der Waals surface area contributed by atoms with Gasteiger partial charge in [0.15, 0.2) is 0 Å². The van der Waals surface area contributed by atoms with Gasteiger partial charge in [-0.15, -0.1) is 10.2 Å². The first-order chi connectivity index (χ1) is 12.3. The van der Waals surface area contributed by atoms with Crippen molar-refractivity contribution in [2.75, 3.05) is 5.32 Å². The van der Waals surface area contributed by atoms with Crippen LogP contribution >= 0.6 is 0 Å². The molecule has 2 aromatic heterocycles. The lowest BCUT2D eigenvalue weighted by atomic mass is 9.78. The summed E-state index contributed by atoms with van der Waals surface area (Å²) in [6, 6.07) is 11.6. The van der Waals surface area contributed by atoms with Crippen LogP contribution in [0.25, 0.3) is 5.69 Å². The molecule has 0 atom stereocenters. The fourth-order valence-electron chi connectivity index (χ4n) is 3.57. The summed E-state index contributed by atoms with van der Waals surface area (Å²) in [6.45, 7) is 0. The molecule has 4 rings (SSSR count). The summed E-state index contributed by atoms with van der Waals surface area (Å²) in [7, 11) is 0. The molecular weight excluding hydrogens is 314 g/mol. The number of nitrogens with one attached hydrogen (secondary N) is 1. The van der Waals surface area contributed by atoms with Gasteiger partial charge in [-0.05, 0) is 48.7 Å².